The number of hydrogen-bond donors (Lipinski definition) is 1. The fourth-order valence-electron chi connectivity index (χ4n) is 2.54. The molecule has 1 amide bonds. The van der Waals surface area contributed by atoms with Crippen LogP contribution in [0.1, 0.15) is 35.5 Å². The van der Waals surface area contributed by atoms with Crippen LogP contribution in [-0.2, 0) is 4.79 Å². The second-order valence-corrected chi connectivity index (χ2v) is 6.68. The van der Waals surface area contributed by atoms with E-state index in [4.69, 9.17) is 16.0 Å². The minimum absolute atomic E-state index is 0.0694. The van der Waals surface area contributed by atoms with E-state index in [9.17, 15) is 9.59 Å². The molecule has 5 heteroatoms. The van der Waals surface area contributed by atoms with Crippen molar-refractivity contribution in [3.63, 3.8) is 0 Å². The van der Waals surface area contributed by atoms with Gasteiger partial charge in [-0.05, 0) is 43.3 Å². The number of aryl methyl sites for hydroxylation is 1. The van der Waals surface area contributed by atoms with E-state index in [1.165, 1.54) is 0 Å². The van der Waals surface area contributed by atoms with Gasteiger partial charge in [-0.2, -0.15) is 0 Å². The highest BCUT2D eigenvalue weighted by molar-refractivity contribution is 6.30. The summed E-state index contributed by atoms with van der Waals surface area (Å²) in [5.74, 6) is -0.0843. The summed E-state index contributed by atoms with van der Waals surface area (Å²) in [4.78, 5) is 24.5. The number of ketones is 1. The largest absolute Gasteiger partial charge is 0.452 e. The van der Waals surface area contributed by atoms with Gasteiger partial charge in [-0.3, -0.25) is 9.59 Å². The Morgan fingerprint density at radius 3 is 2.40 bits per heavy atom. The topological polar surface area (TPSA) is 59.3 Å². The van der Waals surface area contributed by atoms with E-state index >= 15 is 0 Å². The zero-order valence-corrected chi connectivity index (χ0v) is 15.0. The number of anilines is 1. The molecule has 3 aromatic rings. The van der Waals surface area contributed by atoms with E-state index in [2.05, 4.69) is 5.32 Å². The van der Waals surface area contributed by atoms with Crippen LogP contribution in [0.2, 0.25) is 5.02 Å². The van der Waals surface area contributed by atoms with Crippen LogP contribution in [0.4, 0.5) is 5.69 Å². The van der Waals surface area contributed by atoms with E-state index in [1.54, 1.807) is 30.3 Å². The summed E-state index contributed by atoms with van der Waals surface area (Å²) in [6, 6.07) is 12.1. The Kier molecular flexibility index (Phi) is 4.64. The number of amides is 1. The fraction of sp³-hybridized carbons (Fsp3) is 0.200. The van der Waals surface area contributed by atoms with Crippen LogP contribution >= 0.6 is 11.6 Å². The third-order valence-electron chi connectivity index (χ3n) is 4.04. The van der Waals surface area contributed by atoms with Gasteiger partial charge in [-0.1, -0.05) is 25.4 Å². The van der Waals surface area contributed by atoms with Crippen LogP contribution in [0.15, 0.2) is 46.9 Å². The van der Waals surface area contributed by atoms with Crippen molar-refractivity contribution in [1.82, 2.24) is 0 Å². The summed E-state index contributed by atoms with van der Waals surface area (Å²) in [5.41, 5.74) is 2.50. The first-order valence-corrected chi connectivity index (χ1v) is 8.39. The zero-order chi connectivity index (χ0) is 18.1. The third kappa shape index (κ3) is 3.44. The lowest BCUT2D eigenvalue weighted by Gasteiger charge is -2.07. The highest BCUT2D eigenvalue weighted by Gasteiger charge is 2.19. The van der Waals surface area contributed by atoms with Crippen molar-refractivity contribution in [1.29, 1.82) is 0 Å². The molecule has 0 radical (unpaired) electrons. The lowest BCUT2D eigenvalue weighted by atomic mass is 10.0. The Balaban J connectivity index is 1.97. The monoisotopic (exact) mass is 355 g/mol. The van der Waals surface area contributed by atoms with Crippen LogP contribution in [-0.4, -0.2) is 11.7 Å². The van der Waals surface area contributed by atoms with Crippen molar-refractivity contribution in [2.24, 2.45) is 5.92 Å². The molecule has 1 heterocycles. The molecule has 0 saturated carbocycles. The maximum Gasteiger partial charge on any atom is 0.228 e. The SMILES string of the molecule is Cc1c(C(=O)c2ccc(Cl)cc2)oc2cc(NC(=O)C(C)C)ccc12. The number of furan rings is 1. The maximum absolute atomic E-state index is 12.7. The molecule has 0 bridgehead atoms. The Hall–Kier alpha value is -2.59. The molecule has 0 unspecified atom stereocenters. The van der Waals surface area contributed by atoms with Gasteiger partial charge in [0, 0.05) is 39.2 Å². The lowest BCUT2D eigenvalue weighted by molar-refractivity contribution is -0.118. The van der Waals surface area contributed by atoms with Crippen LogP contribution in [0.5, 0.6) is 0 Å². The van der Waals surface area contributed by atoms with Gasteiger partial charge in [0.2, 0.25) is 11.7 Å². The van der Waals surface area contributed by atoms with Gasteiger partial charge in [0.05, 0.1) is 0 Å². The Morgan fingerprint density at radius 1 is 1.08 bits per heavy atom. The predicted molar refractivity (Wildman–Crippen MR) is 99.3 cm³/mol. The van der Waals surface area contributed by atoms with Gasteiger partial charge >= 0.3 is 0 Å². The van der Waals surface area contributed by atoms with Gasteiger partial charge in [0.1, 0.15) is 5.58 Å². The molecule has 0 atom stereocenters. The molecule has 2 aromatic carbocycles. The Labute approximate surface area is 150 Å². The molecule has 128 valence electrons. The van der Waals surface area contributed by atoms with Gasteiger partial charge in [-0.25, -0.2) is 0 Å². The van der Waals surface area contributed by atoms with Gasteiger partial charge in [0.25, 0.3) is 0 Å². The first-order chi connectivity index (χ1) is 11.9. The average Bonchev–Trinajstić information content (AvgIpc) is 2.91. The van der Waals surface area contributed by atoms with Crippen molar-refractivity contribution < 1.29 is 14.0 Å². The lowest BCUT2D eigenvalue weighted by Crippen LogP contribution is -2.17. The van der Waals surface area contributed by atoms with Crippen LogP contribution in [0, 0.1) is 12.8 Å². The summed E-state index contributed by atoms with van der Waals surface area (Å²) in [6.07, 6.45) is 0. The standard InChI is InChI=1S/C20H18ClNO3/c1-11(2)20(24)22-15-8-9-16-12(3)19(25-17(16)10-15)18(23)13-4-6-14(21)7-5-13/h4-11H,1-3H3,(H,22,24). The quantitative estimate of drug-likeness (QED) is 0.652. The second kappa shape index (κ2) is 6.73. The number of fused-ring (bicyclic) bond motifs is 1. The number of carbonyl (C=O) groups is 2. The summed E-state index contributed by atoms with van der Waals surface area (Å²) in [7, 11) is 0. The summed E-state index contributed by atoms with van der Waals surface area (Å²) < 4.78 is 5.79. The van der Waals surface area contributed by atoms with Crippen molar-refractivity contribution in [2.45, 2.75) is 20.8 Å². The van der Waals surface area contributed by atoms with Gasteiger partial charge < -0.3 is 9.73 Å². The number of rotatable bonds is 4. The van der Waals surface area contributed by atoms with E-state index in [0.29, 0.717) is 27.6 Å². The predicted octanol–water partition coefficient (Wildman–Crippen LogP) is 5.22. The first-order valence-electron chi connectivity index (χ1n) is 8.01. The number of nitrogens with one attached hydrogen (secondary N) is 1. The van der Waals surface area contributed by atoms with E-state index < -0.39 is 0 Å². The van der Waals surface area contributed by atoms with Crippen molar-refractivity contribution in [2.75, 3.05) is 5.32 Å². The van der Waals surface area contributed by atoms with Crippen LogP contribution in [0.3, 0.4) is 0 Å². The molecular weight excluding hydrogens is 338 g/mol. The highest BCUT2D eigenvalue weighted by Crippen LogP contribution is 2.29. The molecule has 0 aliphatic heterocycles. The molecule has 25 heavy (non-hydrogen) atoms. The molecule has 0 fully saturated rings. The van der Waals surface area contributed by atoms with Gasteiger partial charge in [-0.15, -0.1) is 0 Å². The van der Waals surface area contributed by atoms with E-state index in [-0.39, 0.29) is 17.6 Å². The van der Waals surface area contributed by atoms with E-state index in [0.717, 1.165) is 10.9 Å². The van der Waals surface area contributed by atoms with Gasteiger partial charge in [0.15, 0.2) is 5.76 Å². The summed E-state index contributed by atoms with van der Waals surface area (Å²) in [6.45, 7) is 5.50. The minimum Gasteiger partial charge on any atom is -0.452 e. The number of benzene rings is 2. The number of carbonyl (C=O) groups excluding carboxylic acids is 2. The average molecular weight is 356 g/mol. The molecule has 1 N–H and O–H groups in total. The molecule has 1 aromatic heterocycles. The third-order valence-corrected chi connectivity index (χ3v) is 4.29. The van der Waals surface area contributed by atoms with Crippen molar-refractivity contribution >= 4 is 39.9 Å². The molecule has 0 aliphatic carbocycles. The molecule has 0 spiro atoms. The summed E-state index contributed by atoms with van der Waals surface area (Å²) in [5, 5.41) is 4.25. The Bertz CT molecular complexity index is 955. The number of hydrogen-bond acceptors (Lipinski definition) is 3. The van der Waals surface area contributed by atoms with Crippen LogP contribution < -0.4 is 5.32 Å². The highest BCUT2D eigenvalue weighted by atomic mass is 35.5. The molecule has 3 rings (SSSR count). The normalized spacial score (nSPS) is 11.1. The maximum atomic E-state index is 12.7. The smallest absolute Gasteiger partial charge is 0.228 e. The van der Waals surface area contributed by atoms with Crippen molar-refractivity contribution in [3.05, 3.63) is 64.4 Å². The molecule has 0 saturated heterocycles. The molecule has 0 aliphatic rings. The Morgan fingerprint density at radius 2 is 1.76 bits per heavy atom. The second-order valence-electron chi connectivity index (χ2n) is 6.25. The fourth-order valence-corrected chi connectivity index (χ4v) is 2.66. The molecular formula is C20H18ClNO3. The van der Waals surface area contributed by atoms with E-state index in [1.807, 2.05) is 32.9 Å². The first kappa shape index (κ1) is 17.2. The van der Waals surface area contributed by atoms with Crippen LogP contribution in [0.25, 0.3) is 11.0 Å². The van der Waals surface area contributed by atoms with Crippen molar-refractivity contribution in [3.8, 4) is 0 Å². The number of halogens is 1. The molecule has 4 nitrogen and oxygen atoms in total. The minimum atomic E-state index is -0.196. The summed E-state index contributed by atoms with van der Waals surface area (Å²) >= 11 is 5.87. The zero-order valence-electron chi connectivity index (χ0n) is 14.2.